The molecule has 0 aliphatic rings. The van der Waals surface area contributed by atoms with Gasteiger partial charge in [0.05, 0.1) is 12.7 Å². The molecule has 1 aromatic heterocycles. The van der Waals surface area contributed by atoms with Gasteiger partial charge >= 0.3 is 7.32 Å². The molecule has 0 saturated heterocycles. The average Bonchev–Trinajstić information content (AvgIpc) is 2.98. The summed E-state index contributed by atoms with van der Waals surface area (Å²) in [4.78, 5) is 12.2. The second-order valence-corrected chi connectivity index (χ2v) is 5.64. The molecular weight excluding hydrogens is 321 g/mol. The first-order chi connectivity index (χ1) is 12.1. The van der Waals surface area contributed by atoms with Crippen LogP contribution in [-0.4, -0.2) is 29.5 Å². The van der Waals surface area contributed by atoms with Crippen molar-refractivity contribution in [2.24, 2.45) is 0 Å². The molecule has 1 atom stereocenters. The van der Waals surface area contributed by atoms with Crippen LogP contribution >= 0.6 is 0 Å². The van der Waals surface area contributed by atoms with Crippen LogP contribution < -0.4 is 5.32 Å². The highest BCUT2D eigenvalue weighted by Crippen LogP contribution is 2.22. The van der Waals surface area contributed by atoms with Gasteiger partial charge in [0, 0.05) is 17.4 Å². The molecule has 0 fully saturated rings. The van der Waals surface area contributed by atoms with Crippen LogP contribution in [-0.2, 0) is 22.3 Å². The van der Waals surface area contributed by atoms with Gasteiger partial charge in [-0.3, -0.25) is 4.79 Å². The summed E-state index contributed by atoms with van der Waals surface area (Å²) in [5.41, 5.74) is 2.38. The molecule has 3 N–H and O–H groups in total. The van der Waals surface area contributed by atoms with E-state index in [0.717, 1.165) is 22.1 Å². The number of rotatable bonds is 7. The van der Waals surface area contributed by atoms with E-state index in [1.54, 1.807) is 6.26 Å². The Kier molecular flexibility index (Phi) is 5.50. The predicted octanol–water partition coefficient (Wildman–Crippen LogP) is 1.65. The molecule has 0 radical (unpaired) electrons. The topological polar surface area (TPSA) is 91.9 Å². The summed E-state index contributed by atoms with van der Waals surface area (Å²) >= 11 is 0. The number of fused-ring (bicyclic) bond motifs is 1. The molecule has 2 aromatic carbocycles. The third-order valence-corrected chi connectivity index (χ3v) is 3.78. The highest BCUT2D eigenvalue weighted by molar-refractivity contribution is 6.32. The summed E-state index contributed by atoms with van der Waals surface area (Å²) in [6.45, 7) is 0. The van der Waals surface area contributed by atoms with E-state index in [0.29, 0.717) is 0 Å². The lowest BCUT2D eigenvalue weighted by atomic mass is 10.1. The fraction of sp³-hybridized carbons (Fsp3) is 0.167. The third-order valence-electron chi connectivity index (χ3n) is 3.78. The molecule has 7 heteroatoms. The molecule has 6 nitrogen and oxygen atoms in total. The maximum atomic E-state index is 12.2. The number of carbonyl (C=O) groups excluding carboxylic acids is 1. The van der Waals surface area contributed by atoms with Crippen LogP contribution in [0.1, 0.15) is 11.1 Å². The summed E-state index contributed by atoms with van der Waals surface area (Å²) in [6, 6.07) is 16.8. The Morgan fingerprint density at radius 3 is 2.60 bits per heavy atom. The fourth-order valence-electron chi connectivity index (χ4n) is 2.68. The van der Waals surface area contributed by atoms with E-state index < -0.39 is 13.5 Å². The van der Waals surface area contributed by atoms with Crippen LogP contribution in [0.2, 0.25) is 0 Å². The third kappa shape index (κ3) is 4.70. The molecule has 0 unspecified atom stereocenters. The molecule has 0 saturated carbocycles. The van der Waals surface area contributed by atoms with Crippen molar-refractivity contribution < 1.29 is 23.9 Å². The van der Waals surface area contributed by atoms with Crippen molar-refractivity contribution in [1.29, 1.82) is 0 Å². The van der Waals surface area contributed by atoms with Gasteiger partial charge in [-0.25, -0.2) is 0 Å². The molecule has 3 aromatic rings. The van der Waals surface area contributed by atoms with Crippen molar-refractivity contribution in [3.8, 4) is 0 Å². The number of hydrogen-bond donors (Lipinski definition) is 3. The molecule has 0 aliphatic heterocycles. The molecule has 0 aliphatic carbocycles. The zero-order valence-corrected chi connectivity index (χ0v) is 13.5. The summed E-state index contributed by atoms with van der Waals surface area (Å²) in [7, 11) is -1.99. The summed E-state index contributed by atoms with van der Waals surface area (Å²) in [5, 5.41) is 21.8. The predicted molar refractivity (Wildman–Crippen MR) is 93.3 cm³/mol. The van der Waals surface area contributed by atoms with Crippen molar-refractivity contribution >= 4 is 24.2 Å². The SMILES string of the molecule is O=C(Cc1ccccc1)N[C@@H](Cc1coc2ccccc12)OB(O)O. The largest absolute Gasteiger partial charge is 0.635 e. The maximum Gasteiger partial charge on any atom is 0.635 e. The Balaban J connectivity index is 1.70. The Bertz CT molecular complexity index is 834. The minimum absolute atomic E-state index is 0.175. The lowest BCUT2D eigenvalue weighted by Crippen LogP contribution is -2.43. The van der Waals surface area contributed by atoms with Crippen molar-refractivity contribution in [2.45, 2.75) is 19.1 Å². The van der Waals surface area contributed by atoms with E-state index in [2.05, 4.69) is 5.32 Å². The van der Waals surface area contributed by atoms with Gasteiger partial charge in [0.15, 0.2) is 0 Å². The van der Waals surface area contributed by atoms with Crippen LogP contribution in [0.5, 0.6) is 0 Å². The van der Waals surface area contributed by atoms with Gasteiger partial charge < -0.3 is 24.4 Å². The van der Waals surface area contributed by atoms with Crippen LogP contribution in [0.3, 0.4) is 0 Å². The molecule has 25 heavy (non-hydrogen) atoms. The fourth-order valence-corrected chi connectivity index (χ4v) is 2.68. The monoisotopic (exact) mass is 339 g/mol. The maximum absolute atomic E-state index is 12.2. The minimum Gasteiger partial charge on any atom is -0.464 e. The summed E-state index contributed by atoms with van der Waals surface area (Å²) in [5.74, 6) is -0.273. The van der Waals surface area contributed by atoms with Gasteiger partial charge in [0.1, 0.15) is 11.8 Å². The van der Waals surface area contributed by atoms with Crippen molar-refractivity contribution in [2.75, 3.05) is 0 Å². The molecule has 0 bridgehead atoms. The average molecular weight is 339 g/mol. The van der Waals surface area contributed by atoms with Gasteiger partial charge in [-0.2, -0.15) is 0 Å². The van der Waals surface area contributed by atoms with Gasteiger partial charge in [-0.05, 0) is 11.6 Å². The first-order valence-corrected chi connectivity index (χ1v) is 7.92. The Morgan fingerprint density at radius 1 is 1.12 bits per heavy atom. The number of nitrogens with one attached hydrogen (secondary N) is 1. The van der Waals surface area contributed by atoms with E-state index in [1.807, 2.05) is 54.6 Å². The van der Waals surface area contributed by atoms with Gasteiger partial charge in [0.2, 0.25) is 5.91 Å². The van der Waals surface area contributed by atoms with E-state index >= 15 is 0 Å². The number of benzene rings is 2. The van der Waals surface area contributed by atoms with Crippen molar-refractivity contribution in [3.63, 3.8) is 0 Å². The standard InChI is InChI=1S/C18H18BNO5/c21-17(10-13-6-2-1-3-7-13)20-18(25-19(22)23)11-14-12-24-16-9-5-4-8-15(14)16/h1-9,12,18,22-23H,10-11H2,(H,20,21)/t18-/m1/s1. The first-order valence-electron chi connectivity index (χ1n) is 7.92. The summed E-state index contributed by atoms with van der Waals surface area (Å²) < 4.78 is 10.5. The van der Waals surface area contributed by atoms with Gasteiger partial charge in [-0.15, -0.1) is 0 Å². The quantitative estimate of drug-likeness (QED) is 0.450. The van der Waals surface area contributed by atoms with E-state index in [-0.39, 0.29) is 18.7 Å². The van der Waals surface area contributed by atoms with Crippen LogP contribution in [0.25, 0.3) is 11.0 Å². The lowest BCUT2D eigenvalue weighted by Gasteiger charge is -2.19. The zero-order valence-electron chi connectivity index (χ0n) is 13.5. The number of amides is 1. The molecule has 1 heterocycles. The number of para-hydroxylation sites is 1. The highest BCUT2D eigenvalue weighted by Gasteiger charge is 2.22. The lowest BCUT2D eigenvalue weighted by molar-refractivity contribution is -0.123. The van der Waals surface area contributed by atoms with Crippen LogP contribution in [0.4, 0.5) is 0 Å². The first kappa shape index (κ1) is 17.2. The van der Waals surface area contributed by atoms with Gasteiger partial charge in [-0.1, -0.05) is 48.5 Å². The molecule has 128 valence electrons. The van der Waals surface area contributed by atoms with Gasteiger partial charge in [0.25, 0.3) is 0 Å². The number of furan rings is 1. The second-order valence-electron chi connectivity index (χ2n) is 5.64. The van der Waals surface area contributed by atoms with E-state index in [4.69, 9.17) is 19.1 Å². The van der Waals surface area contributed by atoms with Crippen LogP contribution in [0, 0.1) is 0 Å². The van der Waals surface area contributed by atoms with Crippen molar-refractivity contribution in [3.05, 3.63) is 72.0 Å². The van der Waals surface area contributed by atoms with Crippen LogP contribution in [0.15, 0.2) is 65.3 Å². The molecule has 3 rings (SSSR count). The minimum atomic E-state index is -1.99. The summed E-state index contributed by atoms with van der Waals surface area (Å²) in [6.07, 6.45) is 1.11. The molecule has 0 spiro atoms. The number of carbonyl (C=O) groups is 1. The van der Waals surface area contributed by atoms with E-state index in [9.17, 15) is 4.79 Å². The normalized spacial score (nSPS) is 12.1. The second kappa shape index (κ2) is 7.98. The highest BCUT2D eigenvalue weighted by atomic mass is 16.6. The Morgan fingerprint density at radius 2 is 1.84 bits per heavy atom. The number of hydrogen-bond acceptors (Lipinski definition) is 5. The van der Waals surface area contributed by atoms with Crippen molar-refractivity contribution in [1.82, 2.24) is 5.32 Å². The Labute approximate surface area is 145 Å². The molecule has 1 amide bonds. The van der Waals surface area contributed by atoms with E-state index in [1.165, 1.54) is 0 Å². The molecular formula is C18H18BNO5. The smallest absolute Gasteiger partial charge is 0.464 e. The Hall–Kier alpha value is -2.61. The zero-order chi connectivity index (χ0) is 17.6.